The molecule has 0 unspecified atom stereocenters. The average Bonchev–Trinajstić information content (AvgIpc) is 3.14. The topological polar surface area (TPSA) is 37.4 Å². The molecule has 0 aliphatic carbocycles. The van der Waals surface area contributed by atoms with Crippen molar-refractivity contribution in [3.63, 3.8) is 0 Å². The fourth-order valence-electron chi connectivity index (χ4n) is 2.89. The lowest BCUT2D eigenvalue weighted by atomic mass is 10.1. The number of nitrogens with one attached hydrogen (secondary N) is 1. The van der Waals surface area contributed by atoms with Crippen molar-refractivity contribution >= 4 is 16.5 Å². The van der Waals surface area contributed by atoms with Crippen LogP contribution >= 0.6 is 11.3 Å². The second-order valence-electron chi connectivity index (χ2n) is 6.09. The van der Waals surface area contributed by atoms with E-state index in [0.717, 1.165) is 54.9 Å². The monoisotopic (exact) mass is 351 g/mol. The molecule has 1 aliphatic rings. The Morgan fingerprint density at radius 3 is 2.44 bits per heavy atom. The molecule has 0 amide bonds. The van der Waals surface area contributed by atoms with Gasteiger partial charge in [-0.1, -0.05) is 30.3 Å². The molecule has 1 N–H and O–H groups in total. The molecule has 2 aromatic carbocycles. The highest BCUT2D eigenvalue weighted by Gasteiger charge is 2.14. The normalized spacial score (nSPS) is 14.5. The van der Waals surface area contributed by atoms with Gasteiger partial charge in [0.05, 0.1) is 5.69 Å². The van der Waals surface area contributed by atoms with Crippen LogP contribution in [0, 0.1) is 0 Å². The van der Waals surface area contributed by atoms with Crippen LogP contribution in [0.2, 0.25) is 0 Å². The number of thiazole rings is 1. The maximum absolute atomic E-state index is 5.84. The van der Waals surface area contributed by atoms with E-state index < -0.39 is 0 Å². The first-order valence-corrected chi connectivity index (χ1v) is 9.47. The number of ether oxygens (including phenoxy) is 1. The number of nitrogens with zero attached hydrogens (tertiary/aromatic N) is 2. The molecule has 0 spiro atoms. The van der Waals surface area contributed by atoms with Gasteiger partial charge in [0, 0.05) is 38.0 Å². The van der Waals surface area contributed by atoms with Crippen molar-refractivity contribution in [3.05, 3.63) is 71.2 Å². The summed E-state index contributed by atoms with van der Waals surface area (Å²) in [7, 11) is 0. The minimum atomic E-state index is 0.855. The first-order valence-electron chi connectivity index (χ1n) is 8.59. The number of para-hydroxylation sites is 1. The lowest BCUT2D eigenvalue weighted by molar-refractivity contribution is 0.482. The number of hydrogen-bond donors (Lipinski definition) is 1. The van der Waals surface area contributed by atoms with Crippen LogP contribution < -0.4 is 15.0 Å². The van der Waals surface area contributed by atoms with Crippen molar-refractivity contribution in [1.29, 1.82) is 0 Å². The van der Waals surface area contributed by atoms with E-state index in [4.69, 9.17) is 9.72 Å². The Morgan fingerprint density at radius 2 is 1.68 bits per heavy atom. The van der Waals surface area contributed by atoms with Gasteiger partial charge in [0.15, 0.2) is 5.13 Å². The summed E-state index contributed by atoms with van der Waals surface area (Å²) >= 11 is 1.74. The molecule has 25 heavy (non-hydrogen) atoms. The Morgan fingerprint density at radius 1 is 0.960 bits per heavy atom. The third-order valence-electron chi connectivity index (χ3n) is 4.21. The van der Waals surface area contributed by atoms with Crippen LogP contribution in [-0.2, 0) is 6.42 Å². The van der Waals surface area contributed by atoms with Crippen LogP contribution in [-0.4, -0.2) is 31.2 Å². The Kier molecular flexibility index (Phi) is 4.95. The standard InChI is InChI=1S/C20H21N3OS/c1-2-4-18(5-3-1)24-19-8-6-16(7-9-19)14-17-15-25-20(22-17)23-12-10-21-11-13-23/h1-9,15,21H,10-14H2. The first-order chi connectivity index (χ1) is 12.4. The zero-order chi connectivity index (χ0) is 16.9. The summed E-state index contributed by atoms with van der Waals surface area (Å²) in [6, 6.07) is 18.1. The van der Waals surface area contributed by atoms with E-state index in [0.29, 0.717) is 0 Å². The minimum absolute atomic E-state index is 0.855. The first kappa shape index (κ1) is 16.1. The van der Waals surface area contributed by atoms with Gasteiger partial charge < -0.3 is 15.0 Å². The smallest absolute Gasteiger partial charge is 0.185 e. The largest absolute Gasteiger partial charge is 0.457 e. The Bertz CT molecular complexity index is 795. The van der Waals surface area contributed by atoms with Crippen molar-refractivity contribution < 1.29 is 4.74 Å². The van der Waals surface area contributed by atoms with Gasteiger partial charge in [0.1, 0.15) is 11.5 Å². The van der Waals surface area contributed by atoms with Crippen LogP contribution in [0.4, 0.5) is 5.13 Å². The van der Waals surface area contributed by atoms with Crippen molar-refractivity contribution in [2.75, 3.05) is 31.1 Å². The van der Waals surface area contributed by atoms with Crippen molar-refractivity contribution in [2.45, 2.75) is 6.42 Å². The van der Waals surface area contributed by atoms with Crippen LogP contribution in [0.5, 0.6) is 11.5 Å². The molecule has 1 saturated heterocycles. The molecule has 0 atom stereocenters. The number of benzene rings is 2. The maximum Gasteiger partial charge on any atom is 0.185 e. The molecule has 3 aromatic rings. The zero-order valence-corrected chi connectivity index (χ0v) is 14.8. The predicted molar refractivity (Wildman–Crippen MR) is 103 cm³/mol. The highest BCUT2D eigenvalue weighted by Crippen LogP contribution is 2.24. The van der Waals surface area contributed by atoms with Crippen molar-refractivity contribution in [1.82, 2.24) is 10.3 Å². The molecule has 0 bridgehead atoms. The summed E-state index contributed by atoms with van der Waals surface area (Å²) < 4.78 is 5.84. The number of aromatic nitrogens is 1. The van der Waals surface area contributed by atoms with Gasteiger partial charge in [0.2, 0.25) is 0 Å². The van der Waals surface area contributed by atoms with E-state index in [1.54, 1.807) is 11.3 Å². The zero-order valence-electron chi connectivity index (χ0n) is 14.0. The molecule has 1 aliphatic heterocycles. The molecule has 5 heteroatoms. The van der Waals surface area contributed by atoms with E-state index in [1.807, 2.05) is 42.5 Å². The van der Waals surface area contributed by atoms with Gasteiger partial charge in [-0.15, -0.1) is 11.3 Å². The summed E-state index contributed by atoms with van der Waals surface area (Å²) in [5.41, 5.74) is 2.38. The predicted octanol–water partition coefficient (Wildman–Crippen LogP) is 3.94. The van der Waals surface area contributed by atoms with E-state index in [2.05, 4.69) is 27.7 Å². The highest BCUT2D eigenvalue weighted by molar-refractivity contribution is 7.13. The summed E-state index contributed by atoms with van der Waals surface area (Å²) in [5, 5.41) is 6.69. The van der Waals surface area contributed by atoms with Gasteiger partial charge in [-0.25, -0.2) is 4.98 Å². The van der Waals surface area contributed by atoms with E-state index in [9.17, 15) is 0 Å². The summed E-state index contributed by atoms with van der Waals surface area (Å²) in [5.74, 6) is 1.71. The third-order valence-corrected chi connectivity index (χ3v) is 5.16. The lowest BCUT2D eigenvalue weighted by Gasteiger charge is -2.26. The van der Waals surface area contributed by atoms with Crippen LogP contribution in [0.3, 0.4) is 0 Å². The Hall–Kier alpha value is -2.37. The molecule has 1 fully saturated rings. The lowest BCUT2D eigenvalue weighted by Crippen LogP contribution is -2.43. The van der Waals surface area contributed by atoms with Crippen LogP contribution in [0.25, 0.3) is 0 Å². The third kappa shape index (κ3) is 4.18. The molecule has 4 nitrogen and oxygen atoms in total. The van der Waals surface area contributed by atoms with Gasteiger partial charge >= 0.3 is 0 Å². The van der Waals surface area contributed by atoms with Gasteiger partial charge in [-0.2, -0.15) is 0 Å². The second-order valence-corrected chi connectivity index (χ2v) is 6.93. The fourth-order valence-corrected chi connectivity index (χ4v) is 3.77. The van der Waals surface area contributed by atoms with E-state index >= 15 is 0 Å². The Labute approximate surface area is 152 Å². The quantitative estimate of drug-likeness (QED) is 0.756. The van der Waals surface area contributed by atoms with Gasteiger partial charge in [-0.3, -0.25) is 0 Å². The molecular weight excluding hydrogens is 330 g/mol. The molecule has 0 radical (unpaired) electrons. The van der Waals surface area contributed by atoms with Crippen LogP contribution in [0.1, 0.15) is 11.3 Å². The fraction of sp³-hybridized carbons (Fsp3) is 0.250. The summed E-state index contributed by atoms with van der Waals surface area (Å²) in [6.07, 6.45) is 0.855. The number of hydrogen-bond acceptors (Lipinski definition) is 5. The van der Waals surface area contributed by atoms with E-state index in [1.165, 1.54) is 5.56 Å². The Balaban J connectivity index is 1.38. The molecule has 1 aromatic heterocycles. The molecular formula is C20H21N3OS. The second kappa shape index (κ2) is 7.68. The van der Waals surface area contributed by atoms with Crippen molar-refractivity contribution in [3.8, 4) is 11.5 Å². The van der Waals surface area contributed by atoms with Gasteiger partial charge in [-0.05, 0) is 29.8 Å². The van der Waals surface area contributed by atoms with E-state index in [-0.39, 0.29) is 0 Å². The SMILES string of the molecule is c1ccc(Oc2ccc(Cc3csc(N4CCNCC4)n3)cc2)cc1. The minimum Gasteiger partial charge on any atom is -0.457 e. The summed E-state index contributed by atoms with van der Waals surface area (Å²) in [6.45, 7) is 4.16. The molecule has 0 saturated carbocycles. The maximum atomic E-state index is 5.84. The highest BCUT2D eigenvalue weighted by atomic mass is 32.1. The van der Waals surface area contributed by atoms with Gasteiger partial charge in [0.25, 0.3) is 0 Å². The number of rotatable bonds is 5. The number of anilines is 1. The van der Waals surface area contributed by atoms with Crippen LogP contribution in [0.15, 0.2) is 60.0 Å². The molecule has 4 rings (SSSR count). The molecule has 2 heterocycles. The number of piperazine rings is 1. The summed E-state index contributed by atoms with van der Waals surface area (Å²) in [4.78, 5) is 7.17. The molecule has 128 valence electrons. The van der Waals surface area contributed by atoms with Crippen molar-refractivity contribution in [2.24, 2.45) is 0 Å². The average molecular weight is 351 g/mol.